The first-order valence-corrected chi connectivity index (χ1v) is 8.88. The van der Waals surface area contributed by atoms with E-state index in [1.165, 1.54) is 19.2 Å². The quantitative estimate of drug-likeness (QED) is 0.499. The molecule has 1 aromatic rings. The van der Waals surface area contributed by atoms with Crippen LogP contribution >= 0.6 is 12.4 Å². The maximum Gasteiger partial charge on any atom is 0.271 e. The van der Waals surface area contributed by atoms with Crippen LogP contribution in [0.1, 0.15) is 12.8 Å². The number of nitrogens with one attached hydrogen (secondary N) is 2. The number of nitrogens with zero attached hydrogens (tertiary/aromatic N) is 1. The first kappa shape index (κ1) is 21.6. The number of non-ortho nitro benzene ring substituents is 1. The lowest BCUT2D eigenvalue weighted by Gasteiger charge is -2.29. The zero-order chi connectivity index (χ0) is 17.8. The van der Waals surface area contributed by atoms with Crippen LogP contribution < -0.4 is 14.8 Å². The molecule has 0 aliphatic carbocycles. The van der Waals surface area contributed by atoms with Gasteiger partial charge in [0.25, 0.3) is 5.69 Å². The highest BCUT2D eigenvalue weighted by Crippen LogP contribution is 2.28. The summed E-state index contributed by atoms with van der Waals surface area (Å²) >= 11 is 0. The Balaban J connectivity index is 0.00000312. The van der Waals surface area contributed by atoms with Gasteiger partial charge in [-0.1, -0.05) is 0 Å². The third-order valence-electron chi connectivity index (χ3n) is 4.00. The van der Waals surface area contributed by atoms with Gasteiger partial charge in [-0.3, -0.25) is 10.1 Å². The summed E-state index contributed by atoms with van der Waals surface area (Å²) in [4.78, 5) is 10.00. The smallest absolute Gasteiger partial charge is 0.271 e. The van der Waals surface area contributed by atoms with Crippen LogP contribution in [0.5, 0.6) is 5.75 Å². The first-order chi connectivity index (χ1) is 11.3. The van der Waals surface area contributed by atoms with Crippen molar-refractivity contribution in [3.05, 3.63) is 28.3 Å². The Morgan fingerprint density at radius 1 is 1.40 bits per heavy atom. The number of hydrogen-bond acceptors (Lipinski definition) is 7. The number of nitro benzene ring substituents is 1. The number of methoxy groups -OCH3 is 2. The minimum atomic E-state index is -3.98. The molecule has 1 saturated heterocycles. The van der Waals surface area contributed by atoms with Crippen molar-refractivity contribution >= 4 is 28.1 Å². The summed E-state index contributed by atoms with van der Waals surface area (Å²) < 4.78 is 37.9. The fourth-order valence-electron chi connectivity index (χ4n) is 2.77. The highest BCUT2D eigenvalue weighted by Gasteiger charge is 2.35. The van der Waals surface area contributed by atoms with Crippen molar-refractivity contribution in [3.8, 4) is 5.75 Å². The number of sulfonamides is 1. The van der Waals surface area contributed by atoms with Crippen LogP contribution in [0.4, 0.5) is 5.69 Å². The van der Waals surface area contributed by atoms with E-state index in [4.69, 9.17) is 9.47 Å². The molecule has 1 aliphatic rings. The maximum atomic E-state index is 12.6. The molecule has 1 aromatic carbocycles. The van der Waals surface area contributed by atoms with E-state index in [0.29, 0.717) is 6.61 Å². The molecule has 1 aliphatic heterocycles. The van der Waals surface area contributed by atoms with Crippen LogP contribution in [0.3, 0.4) is 0 Å². The Morgan fingerprint density at radius 3 is 2.64 bits per heavy atom. The van der Waals surface area contributed by atoms with Crippen LogP contribution in [0.25, 0.3) is 0 Å². The van der Waals surface area contributed by atoms with Crippen molar-refractivity contribution < 1.29 is 22.8 Å². The van der Waals surface area contributed by atoms with Crippen molar-refractivity contribution in [2.75, 3.05) is 33.9 Å². The Kier molecular flexibility index (Phi) is 7.57. The van der Waals surface area contributed by atoms with Gasteiger partial charge in [-0.25, -0.2) is 13.1 Å². The van der Waals surface area contributed by atoms with E-state index >= 15 is 0 Å². The van der Waals surface area contributed by atoms with Crippen LogP contribution in [0.2, 0.25) is 0 Å². The van der Waals surface area contributed by atoms with Gasteiger partial charge in [-0.15, -0.1) is 12.4 Å². The highest BCUT2D eigenvalue weighted by atomic mass is 35.5. The molecule has 0 bridgehead atoms. The van der Waals surface area contributed by atoms with Gasteiger partial charge in [0.1, 0.15) is 10.6 Å². The molecule has 1 fully saturated rings. The minimum Gasteiger partial charge on any atom is -0.495 e. The lowest BCUT2D eigenvalue weighted by molar-refractivity contribution is -0.385. The highest BCUT2D eigenvalue weighted by molar-refractivity contribution is 7.89. The van der Waals surface area contributed by atoms with Gasteiger partial charge in [-0.05, 0) is 25.5 Å². The second-order valence-corrected chi connectivity index (χ2v) is 7.40. The van der Waals surface area contributed by atoms with E-state index < -0.39 is 20.5 Å². The molecule has 11 heteroatoms. The molecule has 1 unspecified atom stereocenters. The first-order valence-electron chi connectivity index (χ1n) is 7.40. The predicted molar refractivity (Wildman–Crippen MR) is 93.9 cm³/mol. The fraction of sp³-hybridized carbons (Fsp3) is 0.571. The summed E-state index contributed by atoms with van der Waals surface area (Å²) in [5.41, 5.74) is -0.794. The predicted octanol–water partition coefficient (Wildman–Crippen LogP) is 1.07. The monoisotopic (exact) mass is 395 g/mol. The molecule has 0 spiro atoms. The lowest BCUT2D eigenvalue weighted by atomic mass is 9.99. The Labute approximate surface area is 152 Å². The van der Waals surface area contributed by atoms with E-state index in [1.807, 2.05) is 0 Å². The van der Waals surface area contributed by atoms with Gasteiger partial charge in [0.15, 0.2) is 0 Å². The minimum absolute atomic E-state index is 0. The second-order valence-electron chi connectivity index (χ2n) is 5.66. The molecule has 2 rings (SSSR count). The summed E-state index contributed by atoms with van der Waals surface area (Å²) in [7, 11) is -1.11. The zero-order valence-electron chi connectivity index (χ0n) is 14.0. The van der Waals surface area contributed by atoms with Gasteiger partial charge < -0.3 is 14.8 Å². The number of hydrogen-bond donors (Lipinski definition) is 2. The average molecular weight is 396 g/mol. The van der Waals surface area contributed by atoms with Crippen LogP contribution in [-0.2, 0) is 14.8 Å². The molecule has 0 aromatic heterocycles. The van der Waals surface area contributed by atoms with E-state index in [-0.39, 0.29) is 35.3 Å². The standard InChI is InChI=1S/C14H21N3O6S.ClH/c1-22-10-14(6-3-7-15-14)9-16-24(20,21)13-8-11(17(18)19)4-5-12(13)23-2;/h4-5,8,15-16H,3,6-7,9-10H2,1-2H3;1H. The van der Waals surface area contributed by atoms with Gasteiger partial charge in [0, 0.05) is 25.8 Å². The van der Waals surface area contributed by atoms with Crippen molar-refractivity contribution in [2.24, 2.45) is 0 Å². The van der Waals surface area contributed by atoms with Crippen LogP contribution in [0, 0.1) is 10.1 Å². The molecule has 1 heterocycles. The van der Waals surface area contributed by atoms with Crippen molar-refractivity contribution in [3.63, 3.8) is 0 Å². The second kappa shape index (κ2) is 8.77. The normalized spacial score (nSPS) is 20.1. The number of ether oxygens (including phenoxy) is 2. The largest absolute Gasteiger partial charge is 0.495 e. The summed E-state index contributed by atoms with van der Waals surface area (Å²) in [5, 5.41) is 14.2. The Morgan fingerprint density at radius 2 is 2.12 bits per heavy atom. The van der Waals surface area contributed by atoms with Gasteiger partial charge >= 0.3 is 0 Å². The van der Waals surface area contributed by atoms with E-state index in [2.05, 4.69) is 10.0 Å². The Hall–Kier alpha value is -1.46. The van der Waals surface area contributed by atoms with Crippen LogP contribution in [0.15, 0.2) is 23.1 Å². The van der Waals surface area contributed by atoms with Gasteiger partial charge in [-0.2, -0.15) is 0 Å². The number of rotatable bonds is 8. The Bertz CT molecular complexity index is 707. The molecular formula is C14H22ClN3O6S. The van der Waals surface area contributed by atoms with E-state index in [1.54, 1.807) is 7.11 Å². The fourth-order valence-corrected chi connectivity index (χ4v) is 4.08. The summed E-state index contributed by atoms with van der Waals surface area (Å²) in [6.45, 7) is 1.27. The maximum absolute atomic E-state index is 12.6. The van der Waals surface area contributed by atoms with Crippen molar-refractivity contribution in [1.29, 1.82) is 0 Å². The summed E-state index contributed by atoms with van der Waals surface area (Å²) in [5.74, 6) is 0.0493. The van der Waals surface area contributed by atoms with Crippen molar-refractivity contribution in [1.82, 2.24) is 10.0 Å². The molecule has 9 nitrogen and oxygen atoms in total. The zero-order valence-corrected chi connectivity index (χ0v) is 15.6. The molecule has 25 heavy (non-hydrogen) atoms. The molecule has 1 atom stereocenters. The van der Waals surface area contributed by atoms with E-state index in [9.17, 15) is 18.5 Å². The van der Waals surface area contributed by atoms with Gasteiger partial charge in [0.2, 0.25) is 10.0 Å². The van der Waals surface area contributed by atoms with Gasteiger partial charge in [0.05, 0.1) is 24.2 Å². The summed E-state index contributed by atoms with van der Waals surface area (Å²) in [6.07, 6.45) is 1.70. The SMILES string of the molecule is COCC1(CNS(=O)(=O)c2cc([N+](=O)[O-])ccc2OC)CCCN1.Cl. The average Bonchev–Trinajstić information content (AvgIpc) is 3.02. The number of benzene rings is 1. The number of nitro groups is 1. The molecular weight excluding hydrogens is 374 g/mol. The third-order valence-corrected chi connectivity index (χ3v) is 5.42. The van der Waals surface area contributed by atoms with E-state index in [0.717, 1.165) is 25.5 Å². The molecule has 0 saturated carbocycles. The lowest BCUT2D eigenvalue weighted by Crippen LogP contribution is -2.52. The van der Waals surface area contributed by atoms with Crippen molar-refractivity contribution in [2.45, 2.75) is 23.3 Å². The third kappa shape index (κ3) is 5.02. The molecule has 0 amide bonds. The molecule has 142 valence electrons. The topological polar surface area (TPSA) is 120 Å². The number of halogens is 1. The summed E-state index contributed by atoms with van der Waals surface area (Å²) in [6, 6.07) is 3.46. The van der Waals surface area contributed by atoms with Crippen LogP contribution in [-0.4, -0.2) is 52.8 Å². The molecule has 2 N–H and O–H groups in total. The molecule has 0 radical (unpaired) electrons.